The molecule has 1 aromatic heterocycles. The summed E-state index contributed by atoms with van der Waals surface area (Å²) in [5, 5.41) is 1.52. The second-order valence-electron chi connectivity index (χ2n) is 9.66. The summed E-state index contributed by atoms with van der Waals surface area (Å²) >= 11 is 18.4. The molecule has 0 aliphatic rings. The van der Waals surface area contributed by atoms with Crippen LogP contribution in [0.1, 0.15) is 47.8 Å². The molecule has 1 amide bonds. The molecule has 0 unspecified atom stereocenters. The van der Waals surface area contributed by atoms with Crippen LogP contribution in [0.2, 0.25) is 15.1 Å². The van der Waals surface area contributed by atoms with Crippen molar-refractivity contribution >= 4 is 51.6 Å². The number of fused-ring (bicyclic) bond motifs is 1. The van der Waals surface area contributed by atoms with E-state index in [0.717, 1.165) is 11.1 Å². The minimum absolute atomic E-state index is 0.0189. The SMILES string of the molecule is CC(C)(C)c1ccc(CN(CCc2ccc(Cl)c(Cl)c2)C(=O)c2c(F)c(Cl)cc3cc[nH]c23)cc1. The Morgan fingerprint density at radius 1 is 0.914 bits per heavy atom. The van der Waals surface area contributed by atoms with E-state index in [1.165, 1.54) is 11.6 Å². The lowest BCUT2D eigenvalue weighted by Gasteiger charge is -2.25. The van der Waals surface area contributed by atoms with E-state index in [2.05, 4.69) is 37.9 Å². The number of carbonyl (C=O) groups excluding carboxylic acids is 1. The monoisotopic (exact) mass is 530 g/mol. The molecule has 0 aliphatic heterocycles. The van der Waals surface area contributed by atoms with E-state index in [1.807, 2.05) is 18.2 Å². The Morgan fingerprint density at radius 2 is 1.60 bits per heavy atom. The summed E-state index contributed by atoms with van der Waals surface area (Å²) in [7, 11) is 0. The van der Waals surface area contributed by atoms with Gasteiger partial charge in [-0.25, -0.2) is 4.39 Å². The number of benzene rings is 3. The number of halogens is 4. The third kappa shape index (κ3) is 5.66. The van der Waals surface area contributed by atoms with Gasteiger partial charge in [-0.1, -0.05) is 85.9 Å². The maximum atomic E-state index is 15.2. The first kappa shape index (κ1) is 25.6. The topological polar surface area (TPSA) is 36.1 Å². The standard InChI is InChI=1S/C28H26Cl3FN2O/c1-28(2,3)20-7-4-18(5-8-20)16-34(13-11-17-6-9-21(29)22(30)14-17)27(35)24-25(32)23(31)15-19-10-12-33-26(19)24/h4-10,12,14-15,33H,11,13,16H2,1-3H3. The zero-order valence-corrected chi connectivity index (χ0v) is 22.0. The minimum Gasteiger partial charge on any atom is -0.360 e. The van der Waals surface area contributed by atoms with E-state index in [9.17, 15) is 4.79 Å². The summed E-state index contributed by atoms with van der Waals surface area (Å²) in [4.78, 5) is 18.4. The Bertz CT molecular complexity index is 1370. The fourth-order valence-electron chi connectivity index (χ4n) is 4.05. The maximum absolute atomic E-state index is 15.2. The van der Waals surface area contributed by atoms with Gasteiger partial charge in [0.25, 0.3) is 5.91 Å². The second kappa shape index (κ2) is 10.2. The largest absolute Gasteiger partial charge is 0.360 e. The zero-order chi connectivity index (χ0) is 25.3. The van der Waals surface area contributed by atoms with Crippen LogP contribution >= 0.6 is 34.8 Å². The van der Waals surface area contributed by atoms with Gasteiger partial charge >= 0.3 is 0 Å². The van der Waals surface area contributed by atoms with Crippen LogP contribution in [0.3, 0.4) is 0 Å². The van der Waals surface area contributed by atoms with E-state index in [0.29, 0.717) is 40.5 Å². The highest BCUT2D eigenvalue weighted by molar-refractivity contribution is 6.42. The number of H-pyrrole nitrogens is 1. The third-order valence-corrected chi connectivity index (χ3v) is 7.10. The van der Waals surface area contributed by atoms with Crippen molar-refractivity contribution < 1.29 is 9.18 Å². The van der Waals surface area contributed by atoms with Crippen LogP contribution in [-0.4, -0.2) is 22.3 Å². The predicted octanol–water partition coefficient (Wildman–Crippen LogP) is 8.45. The van der Waals surface area contributed by atoms with Gasteiger partial charge in [-0.05, 0) is 52.8 Å². The fourth-order valence-corrected chi connectivity index (χ4v) is 4.58. The summed E-state index contributed by atoms with van der Waals surface area (Å²) in [6, 6.07) is 16.8. The number of amides is 1. The van der Waals surface area contributed by atoms with Gasteiger partial charge in [-0.15, -0.1) is 0 Å². The molecule has 3 aromatic carbocycles. The molecule has 4 aromatic rings. The summed E-state index contributed by atoms with van der Waals surface area (Å²) in [5.41, 5.74) is 3.47. The molecule has 0 aliphatic carbocycles. The molecule has 4 rings (SSSR count). The summed E-state index contributed by atoms with van der Waals surface area (Å²) < 4.78 is 15.2. The first-order valence-corrected chi connectivity index (χ1v) is 12.5. The molecule has 0 saturated carbocycles. The Labute approximate surface area is 219 Å². The van der Waals surface area contributed by atoms with E-state index in [-0.39, 0.29) is 16.0 Å². The second-order valence-corrected chi connectivity index (χ2v) is 10.9. The fraction of sp³-hybridized carbons (Fsp3) is 0.250. The van der Waals surface area contributed by atoms with E-state index >= 15 is 4.39 Å². The predicted molar refractivity (Wildman–Crippen MR) is 143 cm³/mol. The van der Waals surface area contributed by atoms with Crippen molar-refractivity contribution in [2.75, 3.05) is 6.54 Å². The van der Waals surface area contributed by atoms with Crippen molar-refractivity contribution in [1.82, 2.24) is 9.88 Å². The smallest absolute Gasteiger partial charge is 0.259 e. The summed E-state index contributed by atoms with van der Waals surface area (Å²) in [5.74, 6) is -1.16. The van der Waals surface area contributed by atoms with Gasteiger partial charge in [-0.3, -0.25) is 4.79 Å². The number of carbonyl (C=O) groups is 1. The van der Waals surface area contributed by atoms with Crippen LogP contribution in [0.5, 0.6) is 0 Å². The number of hydrogen-bond acceptors (Lipinski definition) is 1. The highest BCUT2D eigenvalue weighted by Gasteiger charge is 2.25. The van der Waals surface area contributed by atoms with Crippen LogP contribution < -0.4 is 0 Å². The van der Waals surface area contributed by atoms with Gasteiger partial charge in [0, 0.05) is 24.7 Å². The molecule has 0 spiro atoms. The molecule has 0 radical (unpaired) electrons. The average molecular weight is 532 g/mol. The molecule has 35 heavy (non-hydrogen) atoms. The number of nitrogens with one attached hydrogen (secondary N) is 1. The molecule has 1 heterocycles. The molecule has 7 heteroatoms. The molecular formula is C28H26Cl3FN2O. The van der Waals surface area contributed by atoms with E-state index in [1.54, 1.807) is 29.3 Å². The Hall–Kier alpha value is -2.53. The lowest BCUT2D eigenvalue weighted by molar-refractivity contribution is 0.0742. The first-order valence-electron chi connectivity index (χ1n) is 11.3. The van der Waals surface area contributed by atoms with Crippen LogP contribution in [-0.2, 0) is 18.4 Å². The molecule has 182 valence electrons. The highest BCUT2D eigenvalue weighted by Crippen LogP contribution is 2.30. The average Bonchev–Trinajstić information content (AvgIpc) is 3.26. The van der Waals surface area contributed by atoms with Crippen LogP contribution in [0, 0.1) is 5.82 Å². The van der Waals surface area contributed by atoms with Crippen LogP contribution in [0.25, 0.3) is 10.9 Å². The number of aromatic nitrogens is 1. The Kier molecular flexibility index (Phi) is 7.46. The molecule has 0 fully saturated rings. The van der Waals surface area contributed by atoms with E-state index in [4.69, 9.17) is 34.8 Å². The molecule has 0 bridgehead atoms. The van der Waals surface area contributed by atoms with Gasteiger partial charge in [0.1, 0.15) is 5.56 Å². The van der Waals surface area contributed by atoms with Gasteiger partial charge < -0.3 is 9.88 Å². The molecule has 1 N–H and O–H groups in total. The number of aromatic amines is 1. The molecule has 0 atom stereocenters. The number of nitrogens with zero attached hydrogens (tertiary/aromatic N) is 1. The van der Waals surface area contributed by atoms with Crippen molar-refractivity contribution in [3.05, 3.63) is 104 Å². The highest BCUT2D eigenvalue weighted by atomic mass is 35.5. The van der Waals surface area contributed by atoms with Crippen molar-refractivity contribution in [2.24, 2.45) is 0 Å². The summed E-state index contributed by atoms with van der Waals surface area (Å²) in [6.07, 6.45) is 2.20. The van der Waals surface area contributed by atoms with Crippen LogP contribution in [0.4, 0.5) is 4.39 Å². The minimum atomic E-state index is -0.728. The Morgan fingerprint density at radius 3 is 2.26 bits per heavy atom. The molecular weight excluding hydrogens is 506 g/mol. The number of hydrogen-bond donors (Lipinski definition) is 1. The Balaban J connectivity index is 1.68. The van der Waals surface area contributed by atoms with Gasteiger partial charge in [-0.2, -0.15) is 0 Å². The zero-order valence-electron chi connectivity index (χ0n) is 19.8. The van der Waals surface area contributed by atoms with Crippen molar-refractivity contribution in [3.8, 4) is 0 Å². The van der Waals surface area contributed by atoms with Gasteiger partial charge in [0.2, 0.25) is 0 Å². The van der Waals surface area contributed by atoms with E-state index < -0.39 is 11.7 Å². The number of rotatable bonds is 6. The van der Waals surface area contributed by atoms with Crippen molar-refractivity contribution in [3.63, 3.8) is 0 Å². The normalized spacial score (nSPS) is 11.7. The van der Waals surface area contributed by atoms with Crippen molar-refractivity contribution in [1.29, 1.82) is 0 Å². The molecule has 3 nitrogen and oxygen atoms in total. The van der Waals surface area contributed by atoms with Gasteiger partial charge in [0.05, 0.1) is 20.6 Å². The first-order chi connectivity index (χ1) is 16.5. The van der Waals surface area contributed by atoms with Gasteiger partial charge in [0.15, 0.2) is 5.82 Å². The van der Waals surface area contributed by atoms with Crippen LogP contribution in [0.15, 0.2) is 60.8 Å². The summed E-state index contributed by atoms with van der Waals surface area (Å²) in [6.45, 7) is 7.13. The lowest BCUT2D eigenvalue weighted by Crippen LogP contribution is -2.33. The van der Waals surface area contributed by atoms with Crippen molar-refractivity contribution in [2.45, 2.75) is 39.2 Å². The molecule has 0 saturated heterocycles. The maximum Gasteiger partial charge on any atom is 0.259 e. The quantitative estimate of drug-likeness (QED) is 0.266. The third-order valence-electron chi connectivity index (χ3n) is 6.09. The lowest BCUT2D eigenvalue weighted by atomic mass is 9.87.